The fourth-order valence-corrected chi connectivity index (χ4v) is 4.53. The van der Waals surface area contributed by atoms with E-state index in [4.69, 9.17) is 16.3 Å². The molecule has 1 fully saturated rings. The maximum atomic E-state index is 13.2. The number of nitrogens with one attached hydrogen (secondary N) is 1. The number of nitrogens with zero attached hydrogens (tertiary/aromatic N) is 4. The number of halogens is 1. The smallest absolute Gasteiger partial charge is 0.360 e. The van der Waals surface area contributed by atoms with Crippen LogP contribution in [0.1, 0.15) is 39.6 Å². The molecule has 0 bridgehead atoms. The minimum absolute atomic E-state index is 0.0218. The van der Waals surface area contributed by atoms with E-state index >= 15 is 0 Å². The third kappa shape index (κ3) is 5.63. The maximum Gasteiger partial charge on any atom is 0.360 e. The van der Waals surface area contributed by atoms with E-state index in [1.165, 1.54) is 18.2 Å². The zero-order valence-corrected chi connectivity index (χ0v) is 20.0. The van der Waals surface area contributed by atoms with Crippen molar-refractivity contribution >= 4 is 23.5 Å². The number of aromatic nitrogens is 3. The van der Waals surface area contributed by atoms with Gasteiger partial charge in [-0.1, -0.05) is 53.2 Å². The summed E-state index contributed by atoms with van der Waals surface area (Å²) < 4.78 is 6.40. The van der Waals surface area contributed by atoms with Gasteiger partial charge in [0, 0.05) is 24.7 Å². The summed E-state index contributed by atoms with van der Waals surface area (Å²) in [4.78, 5) is 27.2. The predicted molar refractivity (Wildman–Crippen MR) is 129 cm³/mol. The predicted octanol–water partition coefficient (Wildman–Crippen LogP) is 3.20. The Bertz CT molecular complexity index is 1160. The molecule has 3 aromatic rings. The molecule has 1 N–H and O–H groups in total. The highest BCUT2D eigenvalue weighted by atomic mass is 35.5. The standard InChI is InChI=1S/C25H28ClN5O3/c1-17-6-3-4-8-19(17)14-30-15-21(31-16-22(28-29-31)25(33)34-2)13-23(30)24(32)27-11-10-18-7-5-9-20(26)12-18/h3-9,12,16,21,23H,10-11,13-15H2,1-2H3,(H,27,32)/t21-,23-/m0/s1. The van der Waals surface area contributed by atoms with Crippen molar-refractivity contribution in [1.82, 2.24) is 25.2 Å². The second-order valence-corrected chi connectivity index (χ2v) is 8.94. The quantitative estimate of drug-likeness (QED) is 0.497. The summed E-state index contributed by atoms with van der Waals surface area (Å²) in [5.74, 6) is -0.553. The molecule has 1 aliphatic rings. The number of benzene rings is 2. The van der Waals surface area contributed by atoms with Crippen molar-refractivity contribution in [3.63, 3.8) is 0 Å². The van der Waals surface area contributed by atoms with Crippen molar-refractivity contribution in [2.75, 3.05) is 20.2 Å². The van der Waals surface area contributed by atoms with E-state index in [0.717, 1.165) is 5.56 Å². The van der Waals surface area contributed by atoms with Crippen LogP contribution in [0.15, 0.2) is 54.7 Å². The van der Waals surface area contributed by atoms with Crippen LogP contribution in [0.5, 0.6) is 0 Å². The Balaban J connectivity index is 1.47. The van der Waals surface area contributed by atoms with Crippen molar-refractivity contribution < 1.29 is 14.3 Å². The van der Waals surface area contributed by atoms with Gasteiger partial charge in [0.05, 0.1) is 25.4 Å². The third-order valence-electron chi connectivity index (χ3n) is 6.20. The second-order valence-electron chi connectivity index (χ2n) is 8.51. The Morgan fingerprint density at radius 3 is 2.79 bits per heavy atom. The Labute approximate surface area is 203 Å². The number of ether oxygens (including phenoxy) is 1. The van der Waals surface area contributed by atoms with Gasteiger partial charge in [-0.25, -0.2) is 9.48 Å². The molecule has 1 saturated heterocycles. The molecule has 178 valence electrons. The first-order valence-corrected chi connectivity index (χ1v) is 11.6. The lowest BCUT2D eigenvalue weighted by Gasteiger charge is -2.24. The number of hydrogen-bond acceptors (Lipinski definition) is 6. The van der Waals surface area contributed by atoms with Gasteiger partial charge in [-0.3, -0.25) is 9.69 Å². The van der Waals surface area contributed by atoms with Crippen molar-refractivity contribution in [3.05, 3.63) is 82.1 Å². The van der Waals surface area contributed by atoms with Gasteiger partial charge in [-0.2, -0.15) is 0 Å². The van der Waals surface area contributed by atoms with Crippen LogP contribution in [0.2, 0.25) is 5.02 Å². The van der Waals surface area contributed by atoms with E-state index < -0.39 is 5.97 Å². The number of methoxy groups -OCH3 is 1. The molecule has 0 unspecified atom stereocenters. The topological polar surface area (TPSA) is 89.4 Å². The van der Waals surface area contributed by atoms with Gasteiger partial charge >= 0.3 is 5.97 Å². The lowest BCUT2D eigenvalue weighted by atomic mass is 10.1. The third-order valence-corrected chi connectivity index (χ3v) is 6.43. The van der Waals surface area contributed by atoms with Crippen molar-refractivity contribution in [3.8, 4) is 0 Å². The Morgan fingerprint density at radius 2 is 2.03 bits per heavy atom. The van der Waals surface area contributed by atoms with Crippen LogP contribution in [-0.2, 0) is 22.5 Å². The molecule has 34 heavy (non-hydrogen) atoms. The molecule has 0 aliphatic carbocycles. The second kappa shape index (κ2) is 10.8. The average Bonchev–Trinajstić information content (AvgIpc) is 3.48. The zero-order valence-electron chi connectivity index (χ0n) is 19.3. The van der Waals surface area contributed by atoms with Crippen LogP contribution in [0.4, 0.5) is 0 Å². The monoisotopic (exact) mass is 481 g/mol. The summed E-state index contributed by atoms with van der Waals surface area (Å²) in [6.45, 7) is 3.86. The van der Waals surface area contributed by atoms with Crippen LogP contribution in [0.3, 0.4) is 0 Å². The van der Waals surface area contributed by atoms with Gasteiger partial charge in [0.2, 0.25) is 5.91 Å². The lowest BCUT2D eigenvalue weighted by molar-refractivity contribution is -0.125. The van der Waals surface area contributed by atoms with Gasteiger partial charge in [0.15, 0.2) is 5.69 Å². The summed E-state index contributed by atoms with van der Waals surface area (Å²) >= 11 is 6.07. The highest BCUT2D eigenvalue weighted by Gasteiger charge is 2.38. The number of esters is 1. The average molecular weight is 482 g/mol. The number of aryl methyl sites for hydroxylation is 1. The fraction of sp³-hybridized carbons (Fsp3) is 0.360. The van der Waals surface area contributed by atoms with Gasteiger partial charge in [0.1, 0.15) is 0 Å². The van der Waals surface area contributed by atoms with Crippen LogP contribution in [-0.4, -0.2) is 58.0 Å². The number of carbonyl (C=O) groups is 2. The summed E-state index contributed by atoms with van der Waals surface area (Å²) in [6, 6.07) is 15.4. The van der Waals surface area contributed by atoms with Gasteiger partial charge in [0.25, 0.3) is 0 Å². The molecule has 0 radical (unpaired) electrons. The van der Waals surface area contributed by atoms with Crippen LogP contribution < -0.4 is 5.32 Å². The molecule has 1 aromatic heterocycles. The largest absolute Gasteiger partial charge is 0.464 e. The molecular formula is C25H28ClN5O3. The summed E-state index contributed by atoms with van der Waals surface area (Å²) in [5.41, 5.74) is 3.59. The molecule has 2 heterocycles. The molecule has 8 nitrogen and oxygen atoms in total. The minimum atomic E-state index is -0.531. The number of likely N-dealkylation sites (tertiary alicyclic amines) is 1. The molecule has 0 spiro atoms. The Kier molecular flexibility index (Phi) is 7.59. The summed E-state index contributed by atoms with van der Waals surface area (Å²) in [7, 11) is 1.31. The van der Waals surface area contributed by atoms with E-state index in [9.17, 15) is 9.59 Å². The number of hydrogen-bond donors (Lipinski definition) is 1. The molecule has 9 heteroatoms. The van der Waals surface area contributed by atoms with E-state index in [1.54, 1.807) is 10.9 Å². The fourth-order valence-electron chi connectivity index (χ4n) is 4.32. The molecule has 1 aliphatic heterocycles. The Morgan fingerprint density at radius 1 is 1.21 bits per heavy atom. The van der Waals surface area contributed by atoms with E-state index in [-0.39, 0.29) is 23.7 Å². The van der Waals surface area contributed by atoms with Gasteiger partial charge in [-0.15, -0.1) is 5.10 Å². The first kappa shape index (κ1) is 23.9. The van der Waals surface area contributed by atoms with Gasteiger partial charge < -0.3 is 10.1 Å². The van der Waals surface area contributed by atoms with Crippen LogP contribution in [0.25, 0.3) is 0 Å². The number of rotatable bonds is 8. The van der Waals surface area contributed by atoms with E-state index in [0.29, 0.717) is 37.5 Å². The minimum Gasteiger partial charge on any atom is -0.464 e. The summed E-state index contributed by atoms with van der Waals surface area (Å²) in [6.07, 6.45) is 2.85. The van der Waals surface area contributed by atoms with Crippen molar-refractivity contribution in [2.45, 2.75) is 38.4 Å². The molecular weight excluding hydrogens is 454 g/mol. The van der Waals surface area contributed by atoms with Crippen LogP contribution >= 0.6 is 11.6 Å². The lowest BCUT2D eigenvalue weighted by Crippen LogP contribution is -2.43. The SMILES string of the molecule is COC(=O)c1cn([C@H]2C[C@@H](C(=O)NCCc3cccc(Cl)c3)N(Cc3ccccc3C)C2)nn1. The molecule has 4 rings (SSSR count). The van der Waals surface area contributed by atoms with Crippen LogP contribution in [0, 0.1) is 6.92 Å². The molecule has 2 aromatic carbocycles. The number of carbonyl (C=O) groups excluding carboxylic acids is 2. The first-order valence-electron chi connectivity index (χ1n) is 11.3. The highest BCUT2D eigenvalue weighted by molar-refractivity contribution is 6.30. The molecule has 2 atom stereocenters. The van der Waals surface area contributed by atoms with E-state index in [2.05, 4.69) is 39.6 Å². The normalized spacial score (nSPS) is 18.1. The summed E-state index contributed by atoms with van der Waals surface area (Å²) in [5, 5.41) is 11.8. The Hall–Kier alpha value is -3.23. The first-order chi connectivity index (χ1) is 16.4. The molecule has 0 saturated carbocycles. The maximum absolute atomic E-state index is 13.2. The van der Waals surface area contributed by atoms with Crippen molar-refractivity contribution in [2.24, 2.45) is 0 Å². The van der Waals surface area contributed by atoms with Crippen molar-refractivity contribution in [1.29, 1.82) is 0 Å². The number of amides is 1. The highest BCUT2D eigenvalue weighted by Crippen LogP contribution is 2.29. The molecule has 1 amide bonds. The van der Waals surface area contributed by atoms with Gasteiger partial charge in [-0.05, 0) is 48.6 Å². The van der Waals surface area contributed by atoms with E-state index in [1.807, 2.05) is 36.4 Å². The zero-order chi connectivity index (χ0) is 24.1.